The zero-order valence-corrected chi connectivity index (χ0v) is 11.8. The first-order valence-corrected chi connectivity index (χ1v) is 8.26. The standard InChI is InChI=1S/C14H18N2O2S/c1-11-8-12(9-15)2-3-13(11)10-16-14-4-6-19(17,18)7-5-14/h2-3,8,14,16H,4-7,10H2,1H3. The van der Waals surface area contributed by atoms with Crippen molar-refractivity contribution < 1.29 is 8.42 Å². The molecule has 1 N–H and O–H groups in total. The number of hydrogen-bond acceptors (Lipinski definition) is 4. The van der Waals surface area contributed by atoms with Crippen molar-refractivity contribution >= 4 is 9.84 Å². The minimum atomic E-state index is -2.79. The third kappa shape index (κ3) is 3.79. The summed E-state index contributed by atoms with van der Waals surface area (Å²) < 4.78 is 22.7. The molecule has 0 amide bonds. The zero-order chi connectivity index (χ0) is 13.9. The molecule has 0 radical (unpaired) electrons. The SMILES string of the molecule is Cc1cc(C#N)ccc1CNC1CCS(=O)(=O)CC1. The molecule has 1 aliphatic heterocycles. The lowest BCUT2D eigenvalue weighted by Gasteiger charge is -2.23. The van der Waals surface area contributed by atoms with Crippen molar-refractivity contribution in [1.29, 1.82) is 5.26 Å². The van der Waals surface area contributed by atoms with Gasteiger partial charge in [0.05, 0.1) is 23.1 Å². The van der Waals surface area contributed by atoms with Crippen LogP contribution in [-0.4, -0.2) is 26.0 Å². The number of nitrogens with zero attached hydrogens (tertiary/aromatic N) is 1. The van der Waals surface area contributed by atoms with Gasteiger partial charge in [-0.15, -0.1) is 0 Å². The van der Waals surface area contributed by atoms with Gasteiger partial charge >= 0.3 is 0 Å². The van der Waals surface area contributed by atoms with E-state index in [-0.39, 0.29) is 17.5 Å². The Labute approximate surface area is 114 Å². The Kier molecular flexibility index (Phi) is 4.23. The molecule has 4 nitrogen and oxygen atoms in total. The third-order valence-electron chi connectivity index (χ3n) is 3.61. The van der Waals surface area contributed by atoms with Gasteiger partial charge in [0.1, 0.15) is 9.84 Å². The van der Waals surface area contributed by atoms with Crippen molar-refractivity contribution in [2.75, 3.05) is 11.5 Å². The Balaban J connectivity index is 1.91. The average molecular weight is 278 g/mol. The van der Waals surface area contributed by atoms with E-state index in [1.54, 1.807) is 0 Å². The van der Waals surface area contributed by atoms with Gasteiger partial charge in [-0.05, 0) is 43.0 Å². The van der Waals surface area contributed by atoms with Gasteiger partial charge in [-0.1, -0.05) is 6.07 Å². The second kappa shape index (κ2) is 5.72. The molecule has 102 valence electrons. The van der Waals surface area contributed by atoms with Crippen LogP contribution in [0.15, 0.2) is 18.2 Å². The summed E-state index contributed by atoms with van der Waals surface area (Å²) in [6.45, 7) is 2.71. The first-order chi connectivity index (χ1) is 9.00. The van der Waals surface area contributed by atoms with Gasteiger partial charge < -0.3 is 5.32 Å². The molecule has 19 heavy (non-hydrogen) atoms. The Hall–Kier alpha value is -1.38. The van der Waals surface area contributed by atoms with Crippen LogP contribution >= 0.6 is 0 Å². The number of hydrogen-bond donors (Lipinski definition) is 1. The third-order valence-corrected chi connectivity index (χ3v) is 5.32. The molecule has 0 atom stereocenters. The molecular formula is C14H18N2O2S. The molecule has 0 bridgehead atoms. The molecule has 0 aromatic heterocycles. The summed E-state index contributed by atoms with van der Waals surface area (Å²) in [5, 5.41) is 12.2. The molecule has 1 heterocycles. The lowest BCUT2D eigenvalue weighted by atomic mass is 10.0. The summed E-state index contributed by atoms with van der Waals surface area (Å²) in [6, 6.07) is 8.05. The molecule has 1 aromatic carbocycles. The summed E-state index contributed by atoms with van der Waals surface area (Å²) in [4.78, 5) is 0. The van der Waals surface area contributed by atoms with Gasteiger partial charge in [0.15, 0.2) is 0 Å². The molecular weight excluding hydrogens is 260 g/mol. The molecule has 1 saturated heterocycles. The largest absolute Gasteiger partial charge is 0.310 e. The summed E-state index contributed by atoms with van der Waals surface area (Å²) >= 11 is 0. The van der Waals surface area contributed by atoms with Gasteiger partial charge in [0.2, 0.25) is 0 Å². The minimum Gasteiger partial charge on any atom is -0.310 e. The fraction of sp³-hybridized carbons (Fsp3) is 0.500. The Bertz CT molecular complexity index is 588. The summed E-state index contributed by atoms with van der Waals surface area (Å²) in [6.07, 6.45) is 1.38. The van der Waals surface area contributed by atoms with Crippen LogP contribution in [0.1, 0.15) is 29.5 Å². The Morgan fingerprint density at radius 3 is 2.63 bits per heavy atom. The second-order valence-corrected chi connectivity index (χ2v) is 7.36. The van der Waals surface area contributed by atoms with E-state index in [1.807, 2.05) is 25.1 Å². The molecule has 0 unspecified atom stereocenters. The quantitative estimate of drug-likeness (QED) is 0.910. The lowest BCUT2D eigenvalue weighted by molar-refractivity contribution is 0.462. The molecule has 2 rings (SSSR count). The molecule has 5 heteroatoms. The molecule has 0 spiro atoms. The number of nitriles is 1. The maximum atomic E-state index is 11.3. The van der Waals surface area contributed by atoms with Crippen molar-refractivity contribution in [3.05, 3.63) is 34.9 Å². The first-order valence-electron chi connectivity index (χ1n) is 6.43. The van der Waals surface area contributed by atoms with Crippen molar-refractivity contribution in [2.45, 2.75) is 32.4 Å². The monoisotopic (exact) mass is 278 g/mol. The normalized spacial score (nSPS) is 18.9. The number of aryl methyl sites for hydroxylation is 1. The molecule has 0 saturated carbocycles. The van der Waals surface area contributed by atoms with Gasteiger partial charge in [-0.25, -0.2) is 8.42 Å². The lowest BCUT2D eigenvalue weighted by Crippen LogP contribution is -2.37. The van der Waals surface area contributed by atoms with Crippen LogP contribution in [0, 0.1) is 18.3 Å². The first kappa shape index (κ1) is 14.0. The smallest absolute Gasteiger partial charge is 0.150 e. The highest BCUT2D eigenvalue weighted by atomic mass is 32.2. The van der Waals surface area contributed by atoms with E-state index in [9.17, 15) is 8.42 Å². The number of nitrogens with one attached hydrogen (secondary N) is 1. The summed E-state index contributed by atoms with van der Waals surface area (Å²) in [7, 11) is -2.79. The van der Waals surface area contributed by atoms with Crippen LogP contribution in [0.4, 0.5) is 0 Å². The van der Waals surface area contributed by atoms with E-state index < -0.39 is 9.84 Å². The van der Waals surface area contributed by atoms with Gasteiger partial charge in [-0.3, -0.25) is 0 Å². The fourth-order valence-electron chi connectivity index (χ4n) is 2.31. The van der Waals surface area contributed by atoms with Crippen molar-refractivity contribution in [3.63, 3.8) is 0 Å². The van der Waals surface area contributed by atoms with Gasteiger partial charge in [-0.2, -0.15) is 5.26 Å². The van der Waals surface area contributed by atoms with E-state index >= 15 is 0 Å². The van der Waals surface area contributed by atoms with Crippen molar-refractivity contribution in [2.24, 2.45) is 0 Å². The van der Waals surface area contributed by atoms with E-state index in [1.165, 1.54) is 0 Å². The van der Waals surface area contributed by atoms with E-state index in [4.69, 9.17) is 5.26 Å². The van der Waals surface area contributed by atoms with Crippen LogP contribution in [0.5, 0.6) is 0 Å². The predicted octanol–water partition coefficient (Wildman–Crippen LogP) is 1.53. The second-order valence-electron chi connectivity index (χ2n) is 5.06. The number of rotatable bonds is 3. The predicted molar refractivity (Wildman–Crippen MR) is 74.4 cm³/mol. The number of sulfone groups is 1. The van der Waals surface area contributed by atoms with Crippen LogP contribution in [0.25, 0.3) is 0 Å². The summed E-state index contributed by atoms with van der Waals surface area (Å²) in [5.74, 6) is 0.577. The molecule has 1 aromatic rings. The minimum absolute atomic E-state index is 0.276. The molecule has 0 aliphatic carbocycles. The highest BCUT2D eigenvalue weighted by Crippen LogP contribution is 2.15. The average Bonchev–Trinajstić information content (AvgIpc) is 2.38. The molecule has 1 fully saturated rings. The fourth-order valence-corrected chi connectivity index (χ4v) is 3.80. The summed E-state index contributed by atoms with van der Waals surface area (Å²) in [5.41, 5.74) is 2.92. The topological polar surface area (TPSA) is 70.0 Å². The number of benzene rings is 1. The van der Waals surface area contributed by atoms with Crippen molar-refractivity contribution in [3.8, 4) is 6.07 Å². The van der Waals surface area contributed by atoms with Crippen LogP contribution in [0.2, 0.25) is 0 Å². The zero-order valence-electron chi connectivity index (χ0n) is 11.0. The Morgan fingerprint density at radius 2 is 2.05 bits per heavy atom. The van der Waals surface area contributed by atoms with E-state index in [0.29, 0.717) is 18.4 Å². The van der Waals surface area contributed by atoms with E-state index in [2.05, 4.69) is 11.4 Å². The van der Waals surface area contributed by atoms with Crippen LogP contribution < -0.4 is 5.32 Å². The van der Waals surface area contributed by atoms with Crippen LogP contribution in [-0.2, 0) is 16.4 Å². The maximum Gasteiger partial charge on any atom is 0.150 e. The van der Waals surface area contributed by atoms with Crippen LogP contribution in [0.3, 0.4) is 0 Å². The maximum absolute atomic E-state index is 11.3. The highest BCUT2D eigenvalue weighted by molar-refractivity contribution is 7.91. The highest BCUT2D eigenvalue weighted by Gasteiger charge is 2.22. The molecule has 1 aliphatic rings. The Morgan fingerprint density at radius 1 is 1.37 bits per heavy atom. The van der Waals surface area contributed by atoms with Gasteiger partial charge in [0.25, 0.3) is 0 Å². The van der Waals surface area contributed by atoms with Crippen molar-refractivity contribution in [1.82, 2.24) is 5.32 Å². The van der Waals surface area contributed by atoms with E-state index in [0.717, 1.165) is 17.7 Å². The van der Waals surface area contributed by atoms with Gasteiger partial charge in [0, 0.05) is 12.6 Å².